The van der Waals surface area contributed by atoms with E-state index in [1.165, 1.54) is 22.3 Å². The Bertz CT molecular complexity index is 2250. The Morgan fingerprint density at radius 1 is 0.490 bits per heavy atom. The molecule has 0 amide bonds. The molecule has 0 spiro atoms. The van der Waals surface area contributed by atoms with Crippen LogP contribution in [0.1, 0.15) is 22.3 Å². The predicted octanol–water partition coefficient (Wildman–Crippen LogP) is 8.37. The summed E-state index contributed by atoms with van der Waals surface area (Å²) in [4.78, 5) is 7.59. The summed E-state index contributed by atoms with van der Waals surface area (Å²) < 4.78 is 4.76. The number of pyridine rings is 2. The lowest BCUT2D eigenvalue weighted by Crippen LogP contribution is -2.67. The minimum absolute atomic E-state index is 0.286. The summed E-state index contributed by atoms with van der Waals surface area (Å²) in [5.74, 6) is 2.20. The van der Waals surface area contributed by atoms with Crippen molar-refractivity contribution in [3.05, 3.63) is 205 Å². The number of benzene rings is 5. The topological polar surface area (TPSA) is 17.5 Å². The van der Waals surface area contributed by atoms with Crippen molar-refractivity contribution in [2.24, 2.45) is 7.05 Å². The van der Waals surface area contributed by atoms with E-state index in [4.69, 9.17) is 0 Å². The maximum Gasteiger partial charge on any atom is 0.765 e. The van der Waals surface area contributed by atoms with Crippen molar-refractivity contribution in [1.29, 1.82) is 0 Å². The SMILES string of the molecule is Cc1ccccc1N1B2N(c3ccccc3C(c3ccccc3)(c3ccccc3)[n+]3ccccc3N2c2ccccc2)c2ccc[n+](C)c21. The number of aromatic nitrogens is 2. The lowest BCUT2D eigenvalue weighted by molar-refractivity contribution is -0.721. The first-order valence-corrected chi connectivity index (χ1v) is 16.9. The van der Waals surface area contributed by atoms with E-state index in [2.05, 4.69) is 220 Å². The van der Waals surface area contributed by atoms with Gasteiger partial charge in [0.25, 0.3) is 11.6 Å². The Labute approximate surface area is 288 Å². The van der Waals surface area contributed by atoms with Crippen LogP contribution >= 0.6 is 0 Å². The van der Waals surface area contributed by atoms with Crippen LogP contribution in [0.2, 0.25) is 0 Å². The molecule has 5 aromatic carbocycles. The molecule has 0 radical (unpaired) electrons. The number of rotatable bonds is 4. The van der Waals surface area contributed by atoms with Gasteiger partial charge in [-0.25, -0.2) is 18.8 Å². The number of para-hydroxylation sites is 3. The largest absolute Gasteiger partial charge is 0.765 e. The number of hydrogen-bond acceptors (Lipinski definition) is 3. The quantitative estimate of drug-likeness (QED) is 0.143. The van der Waals surface area contributed by atoms with Gasteiger partial charge in [-0.2, -0.15) is 0 Å². The van der Waals surface area contributed by atoms with E-state index in [0.717, 1.165) is 34.4 Å². The van der Waals surface area contributed by atoms with Gasteiger partial charge < -0.3 is 0 Å². The highest BCUT2D eigenvalue weighted by Gasteiger charge is 2.66. The molecule has 7 aromatic rings. The second-order valence-electron chi connectivity index (χ2n) is 12.8. The molecule has 4 heterocycles. The molecular formula is C43H36BN5+2. The number of nitrogens with zero attached hydrogens (tertiary/aromatic N) is 5. The third-order valence-corrected chi connectivity index (χ3v) is 10.1. The van der Waals surface area contributed by atoms with Gasteiger partial charge in [0.05, 0.1) is 19.4 Å². The van der Waals surface area contributed by atoms with Crippen LogP contribution in [0.5, 0.6) is 0 Å². The predicted molar refractivity (Wildman–Crippen MR) is 199 cm³/mol. The lowest BCUT2D eigenvalue weighted by atomic mass is 9.72. The second kappa shape index (κ2) is 11.5. The third-order valence-electron chi connectivity index (χ3n) is 10.1. The molecule has 49 heavy (non-hydrogen) atoms. The van der Waals surface area contributed by atoms with Crippen LogP contribution in [-0.4, -0.2) is 7.12 Å². The van der Waals surface area contributed by atoms with Gasteiger partial charge >= 0.3 is 7.12 Å². The van der Waals surface area contributed by atoms with Crippen molar-refractivity contribution in [2.75, 3.05) is 14.4 Å². The number of fused-ring (bicyclic) bond motifs is 6. The average molecular weight is 634 g/mol. The summed E-state index contributed by atoms with van der Waals surface area (Å²) in [5, 5.41) is 0. The molecular weight excluding hydrogens is 597 g/mol. The fourth-order valence-corrected chi connectivity index (χ4v) is 8.10. The molecule has 0 atom stereocenters. The first-order chi connectivity index (χ1) is 24.2. The van der Waals surface area contributed by atoms with Gasteiger partial charge in [-0.1, -0.05) is 121 Å². The Balaban J connectivity index is 1.50. The maximum atomic E-state index is 2.56. The zero-order chi connectivity index (χ0) is 33.0. The fraction of sp³-hybridized carbons (Fsp3) is 0.0698. The summed E-state index contributed by atoms with van der Waals surface area (Å²) in [6, 6.07) is 61.6. The summed E-state index contributed by atoms with van der Waals surface area (Å²) in [7, 11) is 1.87. The minimum Gasteiger partial charge on any atom is -0.291 e. The van der Waals surface area contributed by atoms with Gasteiger partial charge in [0.2, 0.25) is 0 Å². The molecule has 0 N–H and O–H groups in total. The van der Waals surface area contributed by atoms with E-state index < -0.39 is 5.54 Å². The number of anilines is 6. The molecule has 0 bridgehead atoms. The Morgan fingerprint density at radius 3 is 1.76 bits per heavy atom. The molecule has 2 aliphatic rings. The van der Waals surface area contributed by atoms with Crippen molar-refractivity contribution < 1.29 is 9.13 Å². The van der Waals surface area contributed by atoms with Gasteiger partial charge in [0.1, 0.15) is 17.1 Å². The minimum atomic E-state index is -0.721. The van der Waals surface area contributed by atoms with Gasteiger partial charge in [0, 0.05) is 28.4 Å². The van der Waals surface area contributed by atoms with Crippen LogP contribution in [0.4, 0.5) is 34.4 Å². The fourth-order valence-electron chi connectivity index (χ4n) is 8.10. The molecule has 0 saturated carbocycles. The monoisotopic (exact) mass is 633 g/mol. The van der Waals surface area contributed by atoms with E-state index in [9.17, 15) is 0 Å². The summed E-state index contributed by atoms with van der Waals surface area (Å²) >= 11 is 0. The van der Waals surface area contributed by atoms with Crippen LogP contribution in [0, 0.1) is 6.92 Å². The van der Waals surface area contributed by atoms with E-state index in [1.807, 2.05) is 0 Å². The van der Waals surface area contributed by atoms with Crippen molar-refractivity contribution in [3.8, 4) is 0 Å². The molecule has 0 fully saturated rings. The molecule has 0 aliphatic carbocycles. The van der Waals surface area contributed by atoms with Gasteiger partial charge in [-0.05, 0) is 55.0 Å². The second-order valence-corrected chi connectivity index (χ2v) is 12.8. The van der Waals surface area contributed by atoms with Gasteiger partial charge in [-0.3, -0.25) is 4.81 Å². The third kappa shape index (κ3) is 4.27. The van der Waals surface area contributed by atoms with Crippen LogP contribution in [0.25, 0.3) is 0 Å². The molecule has 2 aliphatic heterocycles. The summed E-state index contributed by atoms with van der Waals surface area (Å²) in [6.45, 7) is 2.21. The normalized spacial score (nSPS) is 14.3. The Morgan fingerprint density at radius 2 is 1.06 bits per heavy atom. The first kappa shape index (κ1) is 29.0. The Kier molecular flexibility index (Phi) is 6.83. The zero-order valence-corrected chi connectivity index (χ0v) is 27.6. The number of aryl methyl sites for hydroxylation is 2. The first-order valence-electron chi connectivity index (χ1n) is 16.9. The molecule has 2 aromatic heterocycles. The van der Waals surface area contributed by atoms with Gasteiger partial charge in [0.15, 0.2) is 5.54 Å². The highest BCUT2D eigenvalue weighted by atomic mass is 15.5. The molecule has 0 saturated heterocycles. The standard InChI is InChI=1S/C43H36BN5/c1-33-19-12-14-27-38(33)49-42-40(29-18-31-45(42)2)48-39-28-15-13-26-37(39)43(34-20-6-3-7-21-34,35-22-8-4-9-23-35)46-32-17-16-30-41(46)47(44(48)49)36-24-10-5-11-25-36/h3-32H,1-2H3/q+2. The lowest BCUT2D eigenvalue weighted by Gasteiger charge is -2.41. The van der Waals surface area contributed by atoms with Crippen LogP contribution in [-0.2, 0) is 12.6 Å². The smallest absolute Gasteiger partial charge is 0.291 e. The van der Waals surface area contributed by atoms with Crippen molar-refractivity contribution in [1.82, 2.24) is 0 Å². The molecule has 5 nitrogen and oxygen atoms in total. The van der Waals surface area contributed by atoms with Crippen molar-refractivity contribution >= 4 is 41.5 Å². The van der Waals surface area contributed by atoms with Gasteiger partial charge in [-0.15, -0.1) is 0 Å². The highest BCUT2D eigenvalue weighted by Crippen LogP contribution is 2.52. The van der Waals surface area contributed by atoms with Crippen LogP contribution < -0.4 is 23.6 Å². The molecule has 234 valence electrons. The van der Waals surface area contributed by atoms with Crippen LogP contribution in [0.3, 0.4) is 0 Å². The molecule has 6 heteroatoms. The average Bonchev–Trinajstić information content (AvgIpc) is 3.49. The van der Waals surface area contributed by atoms with E-state index >= 15 is 0 Å². The number of hydrogen-bond donors (Lipinski definition) is 0. The summed E-state index contributed by atoms with van der Waals surface area (Å²) in [5.41, 5.74) is 8.62. The van der Waals surface area contributed by atoms with E-state index in [0.29, 0.717) is 0 Å². The molecule has 0 unspecified atom stereocenters. The van der Waals surface area contributed by atoms with Crippen molar-refractivity contribution in [2.45, 2.75) is 12.5 Å². The summed E-state index contributed by atoms with van der Waals surface area (Å²) in [6.07, 6.45) is 4.42. The van der Waals surface area contributed by atoms with E-state index in [1.54, 1.807) is 0 Å². The zero-order valence-electron chi connectivity index (χ0n) is 27.6. The highest BCUT2D eigenvalue weighted by molar-refractivity contribution is 6.77. The molecule has 9 rings (SSSR count). The maximum absolute atomic E-state index is 2.56. The Hall–Kier alpha value is -6.14. The van der Waals surface area contributed by atoms with Crippen LogP contribution in [0.15, 0.2) is 182 Å². The van der Waals surface area contributed by atoms with Crippen molar-refractivity contribution in [3.63, 3.8) is 0 Å². The van der Waals surface area contributed by atoms with E-state index in [-0.39, 0.29) is 7.12 Å².